The van der Waals surface area contributed by atoms with Gasteiger partial charge in [0, 0.05) is 50.0 Å². The van der Waals surface area contributed by atoms with Crippen LogP contribution in [-0.2, 0) is 0 Å². The van der Waals surface area contributed by atoms with Gasteiger partial charge in [-0.1, -0.05) is 200 Å². The van der Waals surface area contributed by atoms with Crippen LogP contribution >= 0.6 is 0 Å². The van der Waals surface area contributed by atoms with Crippen LogP contribution in [0.5, 0.6) is 0 Å². The zero-order valence-corrected chi connectivity index (χ0v) is 37.1. The molecule has 68 heavy (non-hydrogen) atoms. The van der Waals surface area contributed by atoms with Crippen LogP contribution in [0.3, 0.4) is 0 Å². The van der Waals surface area contributed by atoms with E-state index in [1.165, 1.54) is 21.8 Å². The second-order valence-corrected chi connectivity index (χ2v) is 17.2. The number of fused-ring (bicyclic) bond motifs is 4. The molecule has 11 aromatic rings. The van der Waals surface area contributed by atoms with Crippen LogP contribution in [0.1, 0.15) is 27.8 Å². The molecule has 0 aliphatic carbocycles. The Kier molecular flexibility index (Phi) is 10.3. The predicted molar refractivity (Wildman–Crippen MR) is 284 cm³/mol. The first-order valence-corrected chi connectivity index (χ1v) is 23.0. The normalized spacial score (nSPS) is 12.9. The van der Waals surface area contributed by atoms with Gasteiger partial charge in [0.15, 0.2) is 0 Å². The molecule has 0 fully saturated rings. The fourth-order valence-corrected chi connectivity index (χ4v) is 9.70. The summed E-state index contributed by atoms with van der Waals surface area (Å²) in [6, 6.07) is 87.2. The fourth-order valence-electron chi connectivity index (χ4n) is 9.70. The zero-order valence-electron chi connectivity index (χ0n) is 37.1. The zero-order chi connectivity index (χ0) is 45.4. The van der Waals surface area contributed by atoms with Crippen LogP contribution in [0.15, 0.2) is 249 Å². The molecular formula is C64H44N4. The molecule has 1 aliphatic rings. The summed E-state index contributed by atoms with van der Waals surface area (Å²) in [5, 5.41) is 16.1. The number of para-hydroxylation sites is 2. The van der Waals surface area contributed by atoms with Gasteiger partial charge in [0.05, 0.1) is 33.8 Å². The molecule has 4 heteroatoms. The highest BCUT2D eigenvalue weighted by molar-refractivity contribution is 6.36. The van der Waals surface area contributed by atoms with Gasteiger partial charge in [0.25, 0.3) is 0 Å². The average molecular weight is 869 g/mol. The molecule has 2 aromatic heterocycles. The molecule has 0 saturated carbocycles. The van der Waals surface area contributed by atoms with Crippen molar-refractivity contribution in [3.8, 4) is 50.5 Å². The Morgan fingerprint density at radius 2 is 0.912 bits per heavy atom. The Bertz CT molecular complexity index is 3700. The van der Waals surface area contributed by atoms with Crippen molar-refractivity contribution in [3.05, 3.63) is 277 Å². The lowest BCUT2D eigenvalue weighted by atomic mass is 9.86. The van der Waals surface area contributed by atoms with Crippen molar-refractivity contribution >= 4 is 50.6 Å². The Hall–Kier alpha value is -9.12. The quantitative estimate of drug-likeness (QED) is 0.142. The monoisotopic (exact) mass is 868 g/mol. The lowest BCUT2D eigenvalue weighted by Gasteiger charge is -2.27. The van der Waals surface area contributed by atoms with Gasteiger partial charge in [0.1, 0.15) is 0 Å². The number of hydrogen-bond donors (Lipinski definition) is 2. The Morgan fingerprint density at radius 3 is 1.59 bits per heavy atom. The molecule has 0 saturated heterocycles. The van der Waals surface area contributed by atoms with Crippen LogP contribution in [0.2, 0.25) is 0 Å². The standard InChI is InChI=1S/C64H44N4/c65-63(46-25-11-4-12-26-46)62(45-23-9-3-10-24-45)64-56-39-49(35-36-50(56)40-58(67-64)44-21-7-2-8-22-44)47-27-17-28-48(37-47)52-41-57(43-19-5-1-6-20-43)66-59(42-52)51-29-18-30-53(38-51)68-60-33-15-13-31-54(60)55-32-14-16-34-61(55)68/h1-42,65,67H/b64-62-,65-63?. The highest BCUT2D eigenvalue weighted by Gasteiger charge is 2.25. The first kappa shape index (κ1) is 40.4. The third-order valence-corrected chi connectivity index (χ3v) is 13.0. The number of aromatic nitrogens is 2. The second kappa shape index (κ2) is 17.4. The van der Waals surface area contributed by atoms with Crippen molar-refractivity contribution in [1.29, 1.82) is 5.41 Å². The van der Waals surface area contributed by atoms with Gasteiger partial charge in [-0.15, -0.1) is 0 Å². The molecule has 1 aliphatic heterocycles. The smallest absolute Gasteiger partial charge is 0.0716 e. The largest absolute Gasteiger partial charge is 0.354 e. The summed E-state index contributed by atoms with van der Waals surface area (Å²) in [4.78, 5) is 5.35. The van der Waals surface area contributed by atoms with E-state index < -0.39 is 0 Å². The molecule has 4 nitrogen and oxygen atoms in total. The number of allylic oxidation sites excluding steroid dienone is 1. The minimum absolute atomic E-state index is 0.454. The molecule has 0 unspecified atom stereocenters. The van der Waals surface area contributed by atoms with Crippen LogP contribution in [0, 0.1) is 5.41 Å². The molecule has 0 atom stereocenters. The van der Waals surface area contributed by atoms with Gasteiger partial charge in [-0.2, -0.15) is 0 Å². The van der Waals surface area contributed by atoms with Crippen LogP contribution in [-0.4, -0.2) is 15.3 Å². The van der Waals surface area contributed by atoms with Gasteiger partial charge in [-0.3, -0.25) is 5.41 Å². The third kappa shape index (κ3) is 7.50. The Morgan fingerprint density at radius 1 is 0.397 bits per heavy atom. The summed E-state index contributed by atoms with van der Waals surface area (Å²) in [6.45, 7) is 0. The molecule has 320 valence electrons. The topological polar surface area (TPSA) is 53.7 Å². The van der Waals surface area contributed by atoms with Gasteiger partial charge < -0.3 is 9.88 Å². The molecule has 0 spiro atoms. The van der Waals surface area contributed by atoms with E-state index in [-0.39, 0.29) is 0 Å². The lowest BCUT2D eigenvalue weighted by molar-refractivity contribution is 1.18. The van der Waals surface area contributed by atoms with Crippen LogP contribution in [0.25, 0.3) is 95.3 Å². The van der Waals surface area contributed by atoms with E-state index in [4.69, 9.17) is 4.98 Å². The summed E-state index contributed by atoms with van der Waals surface area (Å²) in [7, 11) is 0. The average Bonchev–Trinajstić information content (AvgIpc) is 3.76. The van der Waals surface area contributed by atoms with E-state index in [1.807, 2.05) is 60.7 Å². The summed E-state index contributed by atoms with van der Waals surface area (Å²) in [6.07, 6.45) is 2.23. The van der Waals surface area contributed by atoms with Crippen molar-refractivity contribution in [3.63, 3.8) is 0 Å². The van der Waals surface area contributed by atoms with Crippen molar-refractivity contribution in [1.82, 2.24) is 14.9 Å². The highest BCUT2D eigenvalue weighted by atomic mass is 15.0. The lowest BCUT2D eigenvalue weighted by Crippen LogP contribution is -2.20. The van der Waals surface area contributed by atoms with Gasteiger partial charge >= 0.3 is 0 Å². The predicted octanol–water partition coefficient (Wildman–Crippen LogP) is 15.9. The van der Waals surface area contributed by atoms with Crippen molar-refractivity contribution in [2.75, 3.05) is 0 Å². The summed E-state index contributed by atoms with van der Waals surface area (Å²) in [5.41, 5.74) is 19.9. The molecule has 0 amide bonds. The van der Waals surface area contributed by atoms with E-state index in [1.54, 1.807) is 0 Å². The van der Waals surface area contributed by atoms with Gasteiger partial charge in [-0.25, -0.2) is 4.98 Å². The molecule has 12 rings (SSSR count). The Labute approximate surface area is 396 Å². The molecule has 9 aromatic carbocycles. The Balaban J connectivity index is 0.994. The molecule has 0 bridgehead atoms. The third-order valence-electron chi connectivity index (χ3n) is 13.0. The number of nitrogens with one attached hydrogen (secondary N) is 2. The van der Waals surface area contributed by atoms with Crippen molar-refractivity contribution < 1.29 is 0 Å². The summed E-state index contributed by atoms with van der Waals surface area (Å²) >= 11 is 0. The van der Waals surface area contributed by atoms with Crippen LogP contribution in [0.4, 0.5) is 0 Å². The molecular weight excluding hydrogens is 825 g/mol. The van der Waals surface area contributed by atoms with E-state index in [2.05, 4.69) is 204 Å². The van der Waals surface area contributed by atoms with Gasteiger partial charge in [0.2, 0.25) is 0 Å². The van der Waals surface area contributed by atoms with E-state index in [0.717, 1.165) is 95.2 Å². The first-order chi connectivity index (χ1) is 33.6. The summed E-state index contributed by atoms with van der Waals surface area (Å²) < 4.78 is 2.36. The number of pyridine rings is 1. The number of nitrogens with zero attached hydrogens (tertiary/aromatic N) is 2. The molecule has 3 heterocycles. The van der Waals surface area contributed by atoms with E-state index in [0.29, 0.717) is 5.71 Å². The van der Waals surface area contributed by atoms with Gasteiger partial charge in [-0.05, 0) is 93.6 Å². The second-order valence-electron chi connectivity index (χ2n) is 17.2. The first-order valence-electron chi connectivity index (χ1n) is 23.0. The van der Waals surface area contributed by atoms with Crippen molar-refractivity contribution in [2.45, 2.75) is 0 Å². The summed E-state index contributed by atoms with van der Waals surface area (Å²) in [5.74, 6) is 0. The maximum Gasteiger partial charge on any atom is 0.0716 e. The maximum atomic E-state index is 9.76. The number of rotatable bonds is 9. The molecule has 2 N–H and O–H groups in total. The van der Waals surface area contributed by atoms with E-state index >= 15 is 0 Å². The van der Waals surface area contributed by atoms with E-state index in [9.17, 15) is 5.41 Å². The SMILES string of the molecule is N=C(/C(=C1\NC(c2ccccc2)=Cc2ccc(-c3cccc(-c4cc(-c5ccccc5)nc(-c5cccc(-n6c7ccccc7c7ccccc76)c5)c4)c3)cc21)c1ccccc1)c1ccccc1. The molecule has 0 radical (unpaired) electrons. The van der Waals surface area contributed by atoms with Crippen molar-refractivity contribution in [2.24, 2.45) is 0 Å². The number of hydrogen-bond acceptors (Lipinski definition) is 3. The minimum Gasteiger partial charge on any atom is -0.354 e. The minimum atomic E-state index is 0.454. The maximum absolute atomic E-state index is 9.76. The number of benzene rings is 9. The van der Waals surface area contributed by atoms with Crippen LogP contribution < -0.4 is 5.32 Å². The fraction of sp³-hybridized carbons (Fsp3) is 0. The highest BCUT2D eigenvalue weighted by Crippen LogP contribution is 2.40.